The van der Waals surface area contributed by atoms with E-state index in [1.54, 1.807) is 26.0 Å². The lowest BCUT2D eigenvalue weighted by atomic mass is 9.95. The van der Waals surface area contributed by atoms with Crippen LogP contribution in [-0.2, 0) is 25.7 Å². The topological polar surface area (TPSA) is 76.2 Å². The SMILES string of the molecule is CCOC(=O)CN(C)C(=O)[C@H]1CCC(=O)N(Cc2ccccc2OC)C1. The molecule has 142 valence electrons. The van der Waals surface area contributed by atoms with Crippen LogP contribution in [0.1, 0.15) is 25.3 Å². The Hall–Kier alpha value is -2.57. The molecule has 0 N–H and O–H groups in total. The molecule has 26 heavy (non-hydrogen) atoms. The van der Waals surface area contributed by atoms with Crippen LogP contribution in [0.5, 0.6) is 5.75 Å². The van der Waals surface area contributed by atoms with Gasteiger partial charge in [-0.15, -0.1) is 0 Å². The monoisotopic (exact) mass is 362 g/mol. The number of hydrogen-bond acceptors (Lipinski definition) is 5. The maximum atomic E-state index is 12.6. The van der Waals surface area contributed by atoms with Crippen molar-refractivity contribution < 1.29 is 23.9 Å². The standard InChI is InChI=1S/C19H26N2O5/c1-4-26-18(23)13-20(2)19(24)15-9-10-17(22)21(12-15)11-14-7-5-6-8-16(14)25-3/h5-8,15H,4,9-13H2,1-3H3/t15-/m0/s1. The third-order valence-electron chi connectivity index (χ3n) is 4.45. The van der Waals surface area contributed by atoms with Crippen molar-refractivity contribution in [2.24, 2.45) is 5.92 Å². The van der Waals surface area contributed by atoms with Gasteiger partial charge in [-0.25, -0.2) is 0 Å². The smallest absolute Gasteiger partial charge is 0.325 e. The van der Waals surface area contributed by atoms with Crippen LogP contribution >= 0.6 is 0 Å². The molecular weight excluding hydrogens is 336 g/mol. The van der Waals surface area contributed by atoms with E-state index in [2.05, 4.69) is 0 Å². The molecule has 0 bridgehead atoms. The van der Waals surface area contributed by atoms with E-state index in [1.807, 2.05) is 24.3 Å². The van der Waals surface area contributed by atoms with Gasteiger partial charge in [-0.3, -0.25) is 14.4 Å². The first-order valence-electron chi connectivity index (χ1n) is 8.76. The van der Waals surface area contributed by atoms with Gasteiger partial charge in [0.15, 0.2) is 0 Å². The Morgan fingerprint density at radius 3 is 2.73 bits per heavy atom. The van der Waals surface area contributed by atoms with Gasteiger partial charge < -0.3 is 19.3 Å². The zero-order valence-electron chi connectivity index (χ0n) is 15.6. The van der Waals surface area contributed by atoms with E-state index < -0.39 is 5.97 Å². The highest BCUT2D eigenvalue weighted by Gasteiger charge is 2.32. The molecular formula is C19H26N2O5. The number of benzene rings is 1. The predicted molar refractivity (Wildman–Crippen MR) is 95.4 cm³/mol. The van der Waals surface area contributed by atoms with Gasteiger partial charge in [0.1, 0.15) is 12.3 Å². The van der Waals surface area contributed by atoms with Crippen molar-refractivity contribution in [1.82, 2.24) is 9.80 Å². The maximum absolute atomic E-state index is 12.6. The second kappa shape index (κ2) is 9.22. The molecule has 0 radical (unpaired) electrons. The Morgan fingerprint density at radius 1 is 1.31 bits per heavy atom. The van der Waals surface area contributed by atoms with Gasteiger partial charge in [-0.1, -0.05) is 18.2 Å². The Morgan fingerprint density at radius 2 is 2.04 bits per heavy atom. The molecule has 1 aromatic carbocycles. The summed E-state index contributed by atoms with van der Waals surface area (Å²) in [6.07, 6.45) is 0.812. The van der Waals surface area contributed by atoms with Gasteiger partial charge in [-0.05, 0) is 19.4 Å². The van der Waals surface area contributed by atoms with Gasteiger partial charge >= 0.3 is 5.97 Å². The molecule has 1 aliphatic rings. The highest BCUT2D eigenvalue weighted by Crippen LogP contribution is 2.25. The Balaban J connectivity index is 2.01. The number of rotatable bonds is 7. The second-order valence-electron chi connectivity index (χ2n) is 6.32. The van der Waals surface area contributed by atoms with Crippen molar-refractivity contribution >= 4 is 17.8 Å². The van der Waals surface area contributed by atoms with Crippen molar-refractivity contribution in [1.29, 1.82) is 0 Å². The van der Waals surface area contributed by atoms with Crippen LogP contribution in [-0.4, -0.2) is 61.4 Å². The third kappa shape index (κ3) is 4.97. The minimum atomic E-state index is -0.430. The normalized spacial score (nSPS) is 17.0. The molecule has 7 nitrogen and oxygen atoms in total. The minimum absolute atomic E-state index is 0.0213. The molecule has 0 saturated carbocycles. The number of esters is 1. The zero-order valence-corrected chi connectivity index (χ0v) is 15.6. The summed E-state index contributed by atoms with van der Waals surface area (Å²) in [4.78, 5) is 39.5. The lowest BCUT2D eigenvalue weighted by Gasteiger charge is -2.34. The van der Waals surface area contributed by atoms with E-state index in [1.165, 1.54) is 4.90 Å². The van der Waals surface area contributed by atoms with Crippen molar-refractivity contribution in [2.45, 2.75) is 26.3 Å². The van der Waals surface area contributed by atoms with Gasteiger partial charge in [0.05, 0.1) is 19.6 Å². The van der Waals surface area contributed by atoms with Crippen LogP contribution in [0.25, 0.3) is 0 Å². The number of likely N-dealkylation sites (N-methyl/N-ethyl adjacent to an activating group) is 1. The number of likely N-dealkylation sites (tertiary alicyclic amines) is 1. The molecule has 1 aliphatic heterocycles. The van der Waals surface area contributed by atoms with E-state index in [0.717, 1.165) is 5.56 Å². The molecule has 1 heterocycles. The maximum Gasteiger partial charge on any atom is 0.325 e. The van der Waals surface area contributed by atoms with Gasteiger partial charge in [-0.2, -0.15) is 0 Å². The molecule has 1 fully saturated rings. The molecule has 1 saturated heterocycles. The minimum Gasteiger partial charge on any atom is -0.496 e. The summed E-state index contributed by atoms with van der Waals surface area (Å²) in [5.74, 6) is -0.153. The summed E-state index contributed by atoms with van der Waals surface area (Å²) < 4.78 is 10.2. The summed E-state index contributed by atoms with van der Waals surface area (Å²) >= 11 is 0. The second-order valence-corrected chi connectivity index (χ2v) is 6.32. The number of carbonyl (C=O) groups is 3. The number of amides is 2. The number of para-hydroxylation sites is 1. The molecule has 2 rings (SSSR count). The number of carbonyl (C=O) groups excluding carboxylic acids is 3. The van der Waals surface area contributed by atoms with Crippen LogP contribution in [0.3, 0.4) is 0 Å². The summed E-state index contributed by atoms with van der Waals surface area (Å²) in [6.45, 7) is 2.66. The fourth-order valence-electron chi connectivity index (χ4n) is 3.10. The molecule has 1 aromatic rings. The quantitative estimate of drug-likeness (QED) is 0.687. The average molecular weight is 362 g/mol. The van der Waals surface area contributed by atoms with Crippen molar-refractivity contribution in [3.8, 4) is 5.75 Å². The molecule has 1 atom stereocenters. The largest absolute Gasteiger partial charge is 0.496 e. The Labute approximate surface area is 153 Å². The van der Waals surface area contributed by atoms with Gasteiger partial charge in [0.2, 0.25) is 11.8 Å². The first-order chi connectivity index (χ1) is 12.5. The summed E-state index contributed by atoms with van der Waals surface area (Å²) in [5, 5.41) is 0. The number of methoxy groups -OCH3 is 1. The van der Waals surface area contributed by atoms with Crippen molar-refractivity contribution in [3.63, 3.8) is 0 Å². The first kappa shape index (κ1) is 19.8. The lowest BCUT2D eigenvalue weighted by molar-refractivity contribution is -0.151. The van der Waals surface area contributed by atoms with E-state index in [0.29, 0.717) is 31.7 Å². The van der Waals surface area contributed by atoms with Crippen molar-refractivity contribution in [2.75, 3.05) is 33.9 Å². The molecule has 0 aromatic heterocycles. The highest BCUT2D eigenvalue weighted by atomic mass is 16.5. The fraction of sp³-hybridized carbons (Fsp3) is 0.526. The summed E-state index contributed by atoms with van der Waals surface area (Å²) in [6, 6.07) is 7.52. The van der Waals surface area contributed by atoms with E-state index in [4.69, 9.17) is 9.47 Å². The molecule has 2 amide bonds. The van der Waals surface area contributed by atoms with Crippen molar-refractivity contribution in [3.05, 3.63) is 29.8 Å². The van der Waals surface area contributed by atoms with Gasteiger partial charge in [0.25, 0.3) is 0 Å². The van der Waals surface area contributed by atoms with Crippen LogP contribution in [0.4, 0.5) is 0 Å². The Bertz CT molecular complexity index is 661. The molecule has 7 heteroatoms. The predicted octanol–water partition coefficient (Wildman–Crippen LogP) is 1.46. The van der Waals surface area contributed by atoms with E-state index in [9.17, 15) is 14.4 Å². The first-order valence-corrected chi connectivity index (χ1v) is 8.76. The lowest BCUT2D eigenvalue weighted by Crippen LogP contribution is -2.46. The van der Waals surface area contributed by atoms with Crippen LogP contribution in [0.15, 0.2) is 24.3 Å². The summed E-state index contributed by atoms with van der Waals surface area (Å²) in [5.41, 5.74) is 0.899. The zero-order chi connectivity index (χ0) is 19.1. The van der Waals surface area contributed by atoms with Gasteiger partial charge in [0, 0.05) is 32.1 Å². The third-order valence-corrected chi connectivity index (χ3v) is 4.45. The van der Waals surface area contributed by atoms with Crippen LogP contribution in [0.2, 0.25) is 0 Å². The number of nitrogens with zero attached hydrogens (tertiary/aromatic N) is 2. The Kier molecular flexibility index (Phi) is 7.00. The number of ether oxygens (including phenoxy) is 2. The van der Waals surface area contributed by atoms with E-state index in [-0.39, 0.29) is 30.9 Å². The number of piperidine rings is 1. The number of hydrogen-bond donors (Lipinski definition) is 0. The van der Waals surface area contributed by atoms with E-state index >= 15 is 0 Å². The summed E-state index contributed by atoms with van der Waals surface area (Å²) in [7, 11) is 3.17. The highest BCUT2D eigenvalue weighted by molar-refractivity contribution is 5.86. The van der Waals surface area contributed by atoms with Crippen LogP contribution < -0.4 is 4.74 Å². The van der Waals surface area contributed by atoms with Crippen LogP contribution in [0, 0.1) is 5.92 Å². The molecule has 0 spiro atoms. The average Bonchev–Trinajstić information content (AvgIpc) is 2.63. The fourth-order valence-corrected chi connectivity index (χ4v) is 3.10. The molecule has 0 aliphatic carbocycles. The molecule has 0 unspecified atom stereocenters.